The van der Waals surface area contributed by atoms with Crippen LogP contribution >= 0.6 is 15.9 Å². The summed E-state index contributed by atoms with van der Waals surface area (Å²) >= 11 is 3.37. The van der Waals surface area contributed by atoms with Gasteiger partial charge in [0.25, 0.3) is 0 Å². The lowest BCUT2D eigenvalue weighted by atomic mass is 9.76. The quantitative estimate of drug-likeness (QED) is 0.641. The molecular formula is C16H19BrFN3. The molecule has 1 aromatic heterocycles. The van der Waals surface area contributed by atoms with Crippen LogP contribution in [-0.4, -0.2) is 11.0 Å². The maximum absolute atomic E-state index is 13.1. The zero-order chi connectivity index (χ0) is 15.5. The summed E-state index contributed by atoms with van der Waals surface area (Å²) in [4.78, 5) is 4.38. The van der Waals surface area contributed by atoms with Crippen LogP contribution < -0.4 is 11.3 Å². The fourth-order valence-corrected chi connectivity index (χ4v) is 2.57. The molecule has 0 aliphatic carbocycles. The van der Waals surface area contributed by atoms with Gasteiger partial charge in [-0.25, -0.2) is 4.39 Å². The Morgan fingerprint density at radius 3 is 2.43 bits per heavy atom. The van der Waals surface area contributed by atoms with Gasteiger partial charge in [-0.2, -0.15) is 0 Å². The first-order valence-electron chi connectivity index (χ1n) is 6.76. The molecule has 3 N–H and O–H groups in total. The summed E-state index contributed by atoms with van der Waals surface area (Å²) in [5, 5.41) is 0. The Kier molecular flexibility index (Phi) is 5.08. The van der Waals surface area contributed by atoms with Crippen molar-refractivity contribution >= 4 is 15.9 Å². The fraction of sp³-hybridized carbons (Fsp3) is 0.312. The molecule has 1 unspecified atom stereocenters. The van der Waals surface area contributed by atoms with Gasteiger partial charge in [0.15, 0.2) is 0 Å². The zero-order valence-electron chi connectivity index (χ0n) is 12.1. The summed E-state index contributed by atoms with van der Waals surface area (Å²) in [5.41, 5.74) is 4.61. The molecule has 2 rings (SSSR count). The number of benzene rings is 1. The first kappa shape index (κ1) is 16.1. The molecule has 0 amide bonds. The van der Waals surface area contributed by atoms with Crippen molar-refractivity contribution in [3.05, 3.63) is 64.1 Å². The number of hydrogen-bond acceptors (Lipinski definition) is 3. The van der Waals surface area contributed by atoms with E-state index in [-0.39, 0.29) is 17.3 Å². The summed E-state index contributed by atoms with van der Waals surface area (Å²) in [6, 6.07) is 10.5. The van der Waals surface area contributed by atoms with Gasteiger partial charge in [0, 0.05) is 34.2 Å². The van der Waals surface area contributed by atoms with Crippen LogP contribution in [0.3, 0.4) is 0 Å². The highest BCUT2D eigenvalue weighted by molar-refractivity contribution is 9.10. The van der Waals surface area contributed by atoms with E-state index in [2.05, 4.69) is 40.2 Å². The van der Waals surface area contributed by atoms with Crippen molar-refractivity contribution in [2.75, 3.05) is 0 Å². The van der Waals surface area contributed by atoms with Gasteiger partial charge in [0.1, 0.15) is 5.82 Å². The van der Waals surface area contributed by atoms with Gasteiger partial charge in [-0.3, -0.25) is 16.3 Å². The maximum atomic E-state index is 13.1. The molecule has 2 aromatic rings. The van der Waals surface area contributed by atoms with E-state index in [0.717, 1.165) is 15.7 Å². The topological polar surface area (TPSA) is 50.9 Å². The number of rotatable bonds is 5. The van der Waals surface area contributed by atoms with Crippen molar-refractivity contribution < 1.29 is 4.39 Å². The van der Waals surface area contributed by atoms with Crippen LogP contribution in [0.5, 0.6) is 0 Å². The third-order valence-electron chi connectivity index (χ3n) is 3.86. The van der Waals surface area contributed by atoms with Crippen LogP contribution in [0, 0.1) is 5.82 Å². The molecule has 0 spiro atoms. The summed E-state index contributed by atoms with van der Waals surface area (Å²) < 4.78 is 14.0. The predicted octanol–water partition coefficient (Wildman–Crippen LogP) is 3.34. The van der Waals surface area contributed by atoms with Gasteiger partial charge in [0.2, 0.25) is 0 Å². The van der Waals surface area contributed by atoms with E-state index < -0.39 is 0 Å². The number of nitrogens with zero attached hydrogens (tertiary/aromatic N) is 1. The number of nitrogens with one attached hydrogen (secondary N) is 1. The van der Waals surface area contributed by atoms with E-state index in [4.69, 9.17) is 5.84 Å². The fourth-order valence-electron chi connectivity index (χ4n) is 2.34. The van der Waals surface area contributed by atoms with E-state index in [1.807, 2.05) is 12.1 Å². The number of hydrazine groups is 1. The lowest BCUT2D eigenvalue weighted by Gasteiger charge is -2.34. The zero-order valence-corrected chi connectivity index (χ0v) is 13.7. The van der Waals surface area contributed by atoms with E-state index in [1.54, 1.807) is 18.3 Å². The van der Waals surface area contributed by atoms with E-state index in [0.29, 0.717) is 6.42 Å². The van der Waals surface area contributed by atoms with Crippen LogP contribution in [0.15, 0.2) is 47.1 Å². The van der Waals surface area contributed by atoms with Gasteiger partial charge < -0.3 is 0 Å². The van der Waals surface area contributed by atoms with Crippen LogP contribution in [0.4, 0.5) is 4.39 Å². The molecule has 0 aliphatic rings. The molecule has 1 heterocycles. The second kappa shape index (κ2) is 6.64. The van der Waals surface area contributed by atoms with Crippen LogP contribution in [0.2, 0.25) is 0 Å². The van der Waals surface area contributed by atoms with Crippen molar-refractivity contribution in [3.63, 3.8) is 0 Å². The minimum atomic E-state index is -0.253. The first-order chi connectivity index (χ1) is 9.93. The Bertz CT molecular complexity index is 581. The SMILES string of the molecule is CC(C)(c1ccc(F)cc1)C(Cc1ccc(Br)cn1)NN. The van der Waals surface area contributed by atoms with E-state index in [1.165, 1.54) is 12.1 Å². The molecule has 0 saturated heterocycles. The van der Waals surface area contributed by atoms with Gasteiger partial charge in [-0.15, -0.1) is 0 Å². The van der Waals surface area contributed by atoms with Gasteiger partial charge in [-0.05, 0) is 45.8 Å². The third kappa shape index (κ3) is 3.87. The molecule has 3 nitrogen and oxygen atoms in total. The van der Waals surface area contributed by atoms with Crippen molar-refractivity contribution in [2.45, 2.75) is 31.7 Å². The minimum Gasteiger partial charge on any atom is -0.271 e. The Morgan fingerprint density at radius 2 is 1.90 bits per heavy atom. The smallest absolute Gasteiger partial charge is 0.123 e. The summed E-state index contributed by atoms with van der Waals surface area (Å²) in [5.74, 6) is 5.51. The van der Waals surface area contributed by atoms with Gasteiger partial charge in [-0.1, -0.05) is 26.0 Å². The molecule has 0 fully saturated rings. The molecular weight excluding hydrogens is 333 g/mol. The molecule has 1 atom stereocenters. The molecule has 1 aromatic carbocycles. The number of halogens is 2. The van der Waals surface area contributed by atoms with Crippen molar-refractivity contribution in [2.24, 2.45) is 5.84 Å². The second-order valence-corrected chi connectivity index (χ2v) is 6.54. The molecule has 0 aliphatic heterocycles. The highest BCUT2D eigenvalue weighted by atomic mass is 79.9. The highest BCUT2D eigenvalue weighted by Gasteiger charge is 2.31. The molecule has 0 bridgehead atoms. The predicted molar refractivity (Wildman–Crippen MR) is 86.2 cm³/mol. The van der Waals surface area contributed by atoms with E-state index >= 15 is 0 Å². The average molecular weight is 352 g/mol. The first-order valence-corrected chi connectivity index (χ1v) is 7.55. The van der Waals surface area contributed by atoms with E-state index in [9.17, 15) is 4.39 Å². The Hall–Kier alpha value is -1.30. The number of pyridine rings is 1. The number of nitrogens with two attached hydrogens (primary N) is 1. The summed E-state index contributed by atoms with van der Waals surface area (Å²) in [6.07, 6.45) is 2.46. The second-order valence-electron chi connectivity index (χ2n) is 5.62. The Labute approximate surface area is 132 Å². The molecule has 112 valence electrons. The van der Waals surface area contributed by atoms with Gasteiger partial charge >= 0.3 is 0 Å². The largest absolute Gasteiger partial charge is 0.271 e. The van der Waals surface area contributed by atoms with Crippen molar-refractivity contribution in [3.8, 4) is 0 Å². The molecule has 0 radical (unpaired) electrons. The number of aromatic nitrogens is 1. The number of hydrogen-bond donors (Lipinski definition) is 2. The van der Waals surface area contributed by atoms with Gasteiger partial charge in [0.05, 0.1) is 0 Å². The monoisotopic (exact) mass is 351 g/mol. The van der Waals surface area contributed by atoms with Crippen molar-refractivity contribution in [1.29, 1.82) is 0 Å². The Balaban J connectivity index is 2.22. The standard InChI is InChI=1S/C16H19BrFN3/c1-16(2,11-3-6-13(18)7-4-11)15(21-19)9-14-8-5-12(17)10-20-14/h3-8,10,15,21H,9,19H2,1-2H3. The molecule has 0 saturated carbocycles. The normalized spacial score (nSPS) is 13.2. The summed E-state index contributed by atoms with van der Waals surface area (Å²) in [7, 11) is 0. The molecule has 5 heteroatoms. The lowest BCUT2D eigenvalue weighted by Crippen LogP contribution is -2.49. The van der Waals surface area contributed by atoms with Crippen LogP contribution in [0.1, 0.15) is 25.1 Å². The maximum Gasteiger partial charge on any atom is 0.123 e. The highest BCUT2D eigenvalue weighted by Crippen LogP contribution is 2.29. The van der Waals surface area contributed by atoms with Crippen LogP contribution in [-0.2, 0) is 11.8 Å². The lowest BCUT2D eigenvalue weighted by molar-refractivity contribution is 0.339. The minimum absolute atomic E-state index is 0.0170. The molecule has 21 heavy (non-hydrogen) atoms. The average Bonchev–Trinajstić information content (AvgIpc) is 2.47. The Morgan fingerprint density at radius 1 is 1.24 bits per heavy atom. The summed E-state index contributed by atoms with van der Waals surface area (Å²) in [6.45, 7) is 4.17. The van der Waals surface area contributed by atoms with Crippen molar-refractivity contribution in [1.82, 2.24) is 10.4 Å². The third-order valence-corrected chi connectivity index (χ3v) is 4.33. The van der Waals surface area contributed by atoms with Crippen LogP contribution in [0.25, 0.3) is 0 Å².